The highest BCUT2D eigenvalue weighted by atomic mass is 16.1. The van der Waals surface area contributed by atoms with E-state index in [-0.39, 0.29) is 0 Å². The van der Waals surface area contributed by atoms with E-state index in [1.54, 1.807) is 0 Å². The second-order valence-corrected chi connectivity index (χ2v) is 3.49. The summed E-state index contributed by atoms with van der Waals surface area (Å²) in [6, 6.07) is 0. The molecule has 1 aliphatic rings. The van der Waals surface area contributed by atoms with E-state index in [0.29, 0.717) is 24.0 Å². The second-order valence-electron chi connectivity index (χ2n) is 3.49. The highest BCUT2D eigenvalue weighted by Crippen LogP contribution is 2.26. The summed E-state index contributed by atoms with van der Waals surface area (Å²) in [4.78, 5) is 11.2. The van der Waals surface area contributed by atoms with Gasteiger partial charge in [-0.15, -0.1) is 0 Å². The van der Waals surface area contributed by atoms with Crippen LogP contribution in [0.1, 0.15) is 26.7 Å². The smallest absolute Gasteiger partial charge is 0.158 e. The molecule has 0 bridgehead atoms. The maximum absolute atomic E-state index is 11.2. The van der Waals surface area contributed by atoms with E-state index in [4.69, 9.17) is 0 Å². The first-order valence-corrected chi connectivity index (χ1v) is 4.14. The number of allylic oxidation sites excluding steroid dienone is 2. The van der Waals surface area contributed by atoms with Gasteiger partial charge in [-0.05, 0) is 30.8 Å². The monoisotopic (exact) mass is 151 g/mol. The predicted molar refractivity (Wildman–Crippen MR) is 46.0 cm³/mol. The van der Waals surface area contributed by atoms with Crippen molar-refractivity contribution < 1.29 is 4.79 Å². The lowest BCUT2D eigenvalue weighted by molar-refractivity contribution is -0.117. The summed E-state index contributed by atoms with van der Waals surface area (Å²) in [5.74, 6) is 1.17. The summed E-state index contributed by atoms with van der Waals surface area (Å²) in [6.45, 7) is 7.91. The zero-order chi connectivity index (χ0) is 8.43. The highest BCUT2D eigenvalue weighted by Gasteiger charge is 2.21. The Hall–Kier alpha value is -0.590. The van der Waals surface area contributed by atoms with Gasteiger partial charge in [0.05, 0.1) is 0 Å². The van der Waals surface area contributed by atoms with Gasteiger partial charge in [0.15, 0.2) is 5.78 Å². The highest BCUT2D eigenvalue weighted by molar-refractivity contribution is 5.95. The fourth-order valence-electron chi connectivity index (χ4n) is 1.36. The first-order chi connectivity index (χ1) is 5.11. The summed E-state index contributed by atoms with van der Waals surface area (Å²) in [7, 11) is 0. The maximum Gasteiger partial charge on any atom is 0.158 e. The Morgan fingerprint density at radius 3 is 2.82 bits per heavy atom. The molecule has 2 atom stereocenters. The number of carbonyl (C=O) groups is 1. The third-order valence-corrected chi connectivity index (χ3v) is 2.42. The molecule has 1 nitrogen and oxygen atoms in total. The standard InChI is InChI=1S/C10H15O/c1-7(2)9-5-4-8(3)10(11)6-9/h4,7,9H,1,5-6H2,2-3H3. The molecule has 0 heterocycles. The first-order valence-electron chi connectivity index (χ1n) is 4.14. The molecule has 1 rings (SSSR count). The Morgan fingerprint density at radius 1 is 1.73 bits per heavy atom. The van der Waals surface area contributed by atoms with Crippen molar-refractivity contribution in [2.24, 2.45) is 11.8 Å². The van der Waals surface area contributed by atoms with Crippen molar-refractivity contribution in [3.8, 4) is 0 Å². The molecule has 0 saturated carbocycles. The van der Waals surface area contributed by atoms with E-state index in [2.05, 4.69) is 13.8 Å². The lowest BCUT2D eigenvalue weighted by Gasteiger charge is -2.22. The van der Waals surface area contributed by atoms with Gasteiger partial charge in [-0.25, -0.2) is 0 Å². The van der Waals surface area contributed by atoms with Crippen LogP contribution in [-0.2, 0) is 4.79 Å². The molecule has 2 unspecified atom stereocenters. The Bertz CT molecular complexity index is 189. The zero-order valence-electron chi connectivity index (χ0n) is 7.26. The molecule has 1 heteroatoms. The van der Waals surface area contributed by atoms with E-state index in [0.717, 1.165) is 12.0 Å². The Kier molecular flexibility index (Phi) is 2.48. The largest absolute Gasteiger partial charge is 0.295 e. The van der Waals surface area contributed by atoms with Crippen LogP contribution in [0.25, 0.3) is 0 Å². The van der Waals surface area contributed by atoms with Crippen LogP contribution in [0.15, 0.2) is 11.6 Å². The van der Waals surface area contributed by atoms with Gasteiger partial charge in [-0.2, -0.15) is 0 Å². The van der Waals surface area contributed by atoms with Crippen LogP contribution in [0, 0.1) is 18.8 Å². The molecule has 0 N–H and O–H groups in total. The molecule has 0 aromatic heterocycles. The molecule has 0 spiro atoms. The van der Waals surface area contributed by atoms with Crippen LogP contribution in [0.4, 0.5) is 0 Å². The Balaban J connectivity index is 2.62. The summed E-state index contributed by atoms with van der Waals surface area (Å²) in [5.41, 5.74) is 0.932. The average Bonchev–Trinajstić information content (AvgIpc) is 1.94. The molecular weight excluding hydrogens is 136 g/mol. The van der Waals surface area contributed by atoms with Crippen LogP contribution < -0.4 is 0 Å². The minimum Gasteiger partial charge on any atom is -0.295 e. The first kappa shape index (κ1) is 8.51. The molecule has 61 valence electrons. The van der Waals surface area contributed by atoms with E-state index in [9.17, 15) is 4.79 Å². The van der Waals surface area contributed by atoms with Gasteiger partial charge in [-0.1, -0.05) is 19.9 Å². The van der Waals surface area contributed by atoms with Gasteiger partial charge < -0.3 is 0 Å². The fourth-order valence-corrected chi connectivity index (χ4v) is 1.36. The summed E-state index contributed by atoms with van der Waals surface area (Å²) >= 11 is 0. The normalized spacial score (nSPS) is 25.6. The number of hydrogen-bond donors (Lipinski definition) is 0. The van der Waals surface area contributed by atoms with E-state index < -0.39 is 0 Å². The Morgan fingerprint density at radius 2 is 2.36 bits per heavy atom. The van der Waals surface area contributed by atoms with Crippen molar-refractivity contribution in [3.63, 3.8) is 0 Å². The minimum absolute atomic E-state index is 0.303. The Labute approximate surface area is 68.5 Å². The molecule has 1 radical (unpaired) electrons. The number of rotatable bonds is 1. The molecule has 0 amide bonds. The molecular formula is C10H15O. The SMILES string of the molecule is [CH2]C(C)C1CC=C(C)C(=O)C1. The molecule has 0 aromatic carbocycles. The maximum atomic E-state index is 11.2. The van der Waals surface area contributed by atoms with Crippen molar-refractivity contribution in [2.45, 2.75) is 26.7 Å². The van der Waals surface area contributed by atoms with Gasteiger partial charge in [0.25, 0.3) is 0 Å². The van der Waals surface area contributed by atoms with Gasteiger partial charge in [0, 0.05) is 6.42 Å². The van der Waals surface area contributed by atoms with Crippen molar-refractivity contribution in [3.05, 3.63) is 18.6 Å². The number of ketones is 1. The summed E-state index contributed by atoms with van der Waals surface area (Å²) < 4.78 is 0. The average molecular weight is 151 g/mol. The van der Waals surface area contributed by atoms with Crippen molar-refractivity contribution in [1.29, 1.82) is 0 Å². The van der Waals surface area contributed by atoms with Crippen molar-refractivity contribution in [1.82, 2.24) is 0 Å². The molecule has 0 aliphatic heterocycles. The minimum atomic E-state index is 0.303. The van der Waals surface area contributed by atoms with Gasteiger partial charge in [0.2, 0.25) is 0 Å². The lowest BCUT2D eigenvalue weighted by atomic mass is 9.82. The van der Waals surface area contributed by atoms with Crippen LogP contribution in [0.5, 0.6) is 0 Å². The van der Waals surface area contributed by atoms with E-state index >= 15 is 0 Å². The molecule has 0 aromatic rings. The third kappa shape index (κ3) is 1.92. The lowest BCUT2D eigenvalue weighted by Crippen LogP contribution is -2.18. The third-order valence-electron chi connectivity index (χ3n) is 2.42. The molecule has 11 heavy (non-hydrogen) atoms. The number of hydrogen-bond acceptors (Lipinski definition) is 1. The number of Topliss-reactive ketones (excluding diaryl/α,β-unsaturated/α-hetero) is 1. The number of carbonyl (C=O) groups excluding carboxylic acids is 1. The van der Waals surface area contributed by atoms with Gasteiger partial charge >= 0.3 is 0 Å². The quantitative estimate of drug-likeness (QED) is 0.562. The van der Waals surface area contributed by atoms with Crippen LogP contribution >= 0.6 is 0 Å². The fraction of sp³-hybridized carbons (Fsp3) is 0.600. The van der Waals surface area contributed by atoms with Gasteiger partial charge in [-0.3, -0.25) is 4.79 Å². The van der Waals surface area contributed by atoms with Crippen LogP contribution in [0.2, 0.25) is 0 Å². The second kappa shape index (κ2) is 3.21. The van der Waals surface area contributed by atoms with Crippen LogP contribution in [-0.4, -0.2) is 5.78 Å². The van der Waals surface area contributed by atoms with E-state index in [1.165, 1.54) is 0 Å². The van der Waals surface area contributed by atoms with Crippen LogP contribution in [0.3, 0.4) is 0 Å². The molecule has 0 saturated heterocycles. The van der Waals surface area contributed by atoms with Crippen molar-refractivity contribution >= 4 is 5.78 Å². The molecule has 0 fully saturated rings. The summed E-state index contributed by atoms with van der Waals surface area (Å²) in [6.07, 6.45) is 3.77. The summed E-state index contributed by atoms with van der Waals surface area (Å²) in [5, 5.41) is 0. The predicted octanol–water partition coefficient (Wildman–Crippen LogP) is 2.38. The van der Waals surface area contributed by atoms with E-state index in [1.807, 2.05) is 13.0 Å². The van der Waals surface area contributed by atoms with Crippen molar-refractivity contribution in [2.75, 3.05) is 0 Å². The topological polar surface area (TPSA) is 17.1 Å². The molecule has 1 aliphatic carbocycles. The van der Waals surface area contributed by atoms with Gasteiger partial charge in [0.1, 0.15) is 0 Å². The zero-order valence-corrected chi connectivity index (χ0v) is 7.26.